The fourth-order valence-electron chi connectivity index (χ4n) is 4.95. The number of carbonyl (C=O) groups excluding carboxylic acids is 2. The molecule has 66 heavy (non-hydrogen) atoms. The highest BCUT2D eigenvalue weighted by Crippen LogP contribution is 2.43. The minimum absolute atomic E-state index is 0.0230. The molecule has 14 nitrogen and oxygen atoms in total. The highest BCUT2D eigenvalue weighted by molar-refractivity contribution is 7.47. The number of ether oxygens (including phenoxy) is 2. The topological polar surface area (TPSA) is 216 Å². The van der Waals surface area contributed by atoms with Crippen molar-refractivity contribution in [2.24, 2.45) is 0 Å². The van der Waals surface area contributed by atoms with E-state index in [1.165, 1.54) is 0 Å². The molecule has 0 bridgehead atoms. The number of rotatable bonds is 40. The van der Waals surface area contributed by atoms with Crippen molar-refractivity contribution < 1.29 is 66.7 Å². The van der Waals surface area contributed by atoms with Gasteiger partial charge in [-0.25, -0.2) is 9.13 Å². The van der Waals surface area contributed by atoms with Gasteiger partial charge in [0.15, 0.2) is 6.10 Å². The molecule has 2 unspecified atom stereocenters. The van der Waals surface area contributed by atoms with Gasteiger partial charge in [0, 0.05) is 12.8 Å². The lowest BCUT2D eigenvalue weighted by atomic mass is 10.2. The Morgan fingerprint density at radius 1 is 0.485 bits per heavy atom. The number of hydrogen-bond donors (Lipinski definition) is 5. The predicted molar refractivity (Wildman–Crippen MR) is 263 cm³/mol. The zero-order valence-electron chi connectivity index (χ0n) is 38.8. The summed E-state index contributed by atoms with van der Waals surface area (Å²) >= 11 is 0. The minimum Gasteiger partial charge on any atom is -0.462 e. The van der Waals surface area contributed by atoms with E-state index in [-0.39, 0.29) is 19.3 Å². The zero-order valence-corrected chi connectivity index (χ0v) is 40.6. The minimum atomic E-state index is -4.90. The molecule has 0 rings (SSSR count). The van der Waals surface area contributed by atoms with E-state index in [9.17, 15) is 33.8 Å². The SMILES string of the molecule is CC/C=C\C/C=C\C/C=C\C/C=C\C=C/C(O)C/C=C\CCC(=O)O[C@H](COC(=O)CC/C=C\C/C=C\C/C=C\C/C=C\C/C=C\C/C=C\CC)COP(=O)(O)OC[C@@H](O)COP(=O)(O)O. The van der Waals surface area contributed by atoms with E-state index in [4.69, 9.17) is 23.8 Å². The van der Waals surface area contributed by atoms with Crippen LogP contribution in [0.15, 0.2) is 146 Å². The van der Waals surface area contributed by atoms with Crippen LogP contribution >= 0.6 is 15.6 Å². The van der Waals surface area contributed by atoms with Crippen molar-refractivity contribution in [3.8, 4) is 0 Å². The van der Waals surface area contributed by atoms with E-state index in [0.717, 1.165) is 57.8 Å². The van der Waals surface area contributed by atoms with Crippen molar-refractivity contribution in [1.29, 1.82) is 0 Å². The third-order valence-corrected chi connectivity index (χ3v) is 9.76. The second-order valence-corrected chi connectivity index (χ2v) is 17.1. The van der Waals surface area contributed by atoms with Gasteiger partial charge in [0.2, 0.25) is 0 Å². The molecule has 0 aliphatic heterocycles. The van der Waals surface area contributed by atoms with Gasteiger partial charge >= 0.3 is 27.6 Å². The van der Waals surface area contributed by atoms with Crippen LogP contribution in [0.3, 0.4) is 0 Å². The molecule has 5 N–H and O–H groups in total. The van der Waals surface area contributed by atoms with Gasteiger partial charge in [-0.1, -0.05) is 160 Å². The van der Waals surface area contributed by atoms with Gasteiger partial charge in [0.1, 0.15) is 12.7 Å². The molecule has 0 aliphatic carbocycles. The number of carbonyl (C=O) groups is 2. The fraction of sp³-hybridized carbons (Fsp3) is 0.480. The van der Waals surface area contributed by atoms with Crippen LogP contribution < -0.4 is 0 Å². The quantitative estimate of drug-likeness (QED) is 0.0167. The van der Waals surface area contributed by atoms with Gasteiger partial charge in [0.25, 0.3) is 0 Å². The summed E-state index contributed by atoms with van der Waals surface area (Å²) in [4.78, 5) is 52.7. The predicted octanol–water partition coefficient (Wildman–Crippen LogP) is 11.0. The summed E-state index contributed by atoms with van der Waals surface area (Å²) in [6.45, 7) is 1.22. The second-order valence-electron chi connectivity index (χ2n) is 14.4. The highest BCUT2D eigenvalue weighted by Gasteiger charge is 2.28. The lowest BCUT2D eigenvalue weighted by molar-refractivity contribution is -0.161. The number of aliphatic hydroxyl groups excluding tert-OH is 2. The number of phosphoric acid groups is 2. The fourth-order valence-corrected chi connectivity index (χ4v) is 6.11. The molecular weight excluding hydrogens is 886 g/mol. The summed E-state index contributed by atoms with van der Waals surface area (Å²) in [6.07, 6.45) is 54.6. The van der Waals surface area contributed by atoms with Crippen molar-refractivity contribution in [3.05, 3.63) is 146 Å². The van der Waals surface area contributed by atoms with E-state index in [2.05, 4.69) is 114 Å². The van der Waals surface area contributed by atoms with E-state index in [1.54, 1.807) is 24.3 Å². The number of aliphatic hydroxyl groups is 2. The van der Waals surface area contributed by atoms with Crippen LogP contribution in [0.5, 0.6) is 0 Å². The first kappa shape index (κ1) is 62.0. The summed E-state index contributed by atoms with van der Waals surface area (Å²) in [5, 5.41) is 20.0. The van der Waals surface area contributed by atoms with Crippen LogP contribution in [-0.2, 0) is 41.8 Å². The maximum absolute atomic E-state index is 12.7. The van der Waals surface area contributed by atoms with Gasteiger partial charge in [-0.2, -0.15) is 0 Å². The van der Waals surface area contributed by atoms with E-state index < -0.39 is 72.3 Å². The monoisotopic (exact) mass is 962 g/mol. The van der Waals surface area contributed by atoms with Crippen molar-refractivity contribution in [2.75, 3.05) is 26.4 Å². The van der Waals surface area contributed by atoms with Crippen molar-refractivity contribution in [1.82, 2.24) is 0 Å². The summed E-state index contributed by atoms with van der Waals surface area (Å²) < 4.78 is 47.6. The molecule has 0 aromatic rings. The molecule has 0 amide bonds. The molecule has 0 heterocycles. The Morgan fingerprint density at radius 3 is 1.38 bits per heavy atom. The van der Waals surface area contributed by atoms with Crippen LogP contribution in [0.4, 0.5) is 0 Å². The standard InChI is InChI=1S/C50H76O14P2/c1-3-5-7-9-11-13-15-17-18-19-20-21-22-24-26-28-30-32-36-40-49(53)60-44-48(45-63-66(58,59)62-43-47(52)42-61-65(55,56)57)64-50(54)41-37-33-35-39-46(51)38-34-31-29-27-25-23-16-14-12-10-8-6-4-2/h5-8,11-14,17-18,20-21,23-26,29-35,38,46-48,51-52H,3-4,9-10,15-16,19,22,27-28,36-37,39-45H2,1-2H3,(H,58,59)(H2,55,56,57)/b7-5-,8-6-,13-11-,14-12-,18-17-,21-20-,25-23-,26-24-,31-29-,32-30-,35-33-,38-34-/t46?,47-,48+/m0/s1. The van der Waals surface area contributed by atoms with Gasteiger partial charge in [-0.3, -0.25) is 23.2 Å². The van der Waals surface area contributed by atoms with Gasteiger partial charge in [0.05, 0.1) is 25.9 Å². The molecule has 16 heteroatoms. The van der Waals surface area contributed by atoms with Crippen LogP contribution in [0, 0.1) is 0 Å². The molecule has 0 aliphatic rings. The molecule has 0 saturated carbocycles. The van der Waals surface area contributed by atoms with Crippen molar-refractivity contribution in [3.63, 3.8) is 0 Å². The Bertz CT molecular complexity index is 1730. The number of hydrogen-bond acceptors (Lipinski definition) is 11. The van der Waals surface area contributed by atoms with Gasteiger partial charge in [-0.05, 0) is 83.5 Å². The molecule has 0 saturated heterocycles. The molecule has 0 fully saturated rings. The molecule has 0 radical (unpaired) electrons. The number of allylic oxidation sites excluding steroid dienone is 22. The highest BCUT2D eigenvalue weighted by atomic mass is 31.2. The summed E-state index contributed by atoms with van der Waals surface area (Å²) in [7, 11) is -9.79. The lowest BCUT2D eigenvalue weighted by Gasteiger charge is -2.20. The summed E-state index contributed by atoms with van der Waals surface area (Å²) in [5.74, 6) is -1.33. The first-order chi connectivity index (χ1) is 31.8. The zero-order chi connectivity index (χ0) is 48.8. The molecule has 0 aromatic heterocycles. The first-order valence-corrected chi connectivity index (χ1v) is 25.7. The Balaban J connectivity index is 4.85. The van der Waals surface area contributed by atoms with Crippen LogP contribution in [-0.4, -0.2) is 81.6 Å². The Hall–Kier alpha value is -4.04. The Morgan fingerprint density at radius 2 is 0.894 bits per heavy atom. The molecular formula is C50H76O14P2. The molecule has 370 valence electrons. The first-order valence-electron chi connectivity index (χ1n) is 22.6. The average molecular weight is 963 g/mol. The average Bonchev–Trinajstić information content (AvgIpc) is 3.27. The number of phosphoric ester groups is 2. The van der Waals surface area contributed by atoms with E-state index in [0.29, 0.717) is 19.3 Å². The van der Waals surface area contributed by atoms with Crippen molar-refractivity contribution >= 4 is 27.6 Å². The largest absolute Gasteiger partial charge is 0.472 e. The third-order valence-electron chi connectivity index (χ3n) is 8.32. The molecule has 0 aromatic carbocycles. The number of esters is 2. The van der Waals surface area contributed by atoms with Crippen molar-refractivity contribution in [2.45, 2.75) is 128 Å². The van der Waals surface area contributed by atoms with Gasteiger partial charge < -0.3 is 34.4 Å². The van der Waals surface area contributed by atoms with Gasteiger partial charge in [-0.15, -0.1) is 0 Å². The second kappa shape index (κ2) is 43.5. The normalized spacial score (nSPS) is 15.7. The Labute approximate surface area is 393 Å². The maximum atomic E-state index is 12.7. The van der Waals surface area contributed by atoms with E-state index in [1.807, 2.05) is 30.4 Å². The van der Waals surface area contributed by atoms with Crippen LogP contribution in [0.2, 0.25) is 0 Å². The smallest absolute Gasteiger partial charge is 0.462 e. The molecule has 4 atom stereocenters. The Kier molecular flexibility index (Phi) is 40.9. The molecule has 0 spiro atoms. The third kappa shape index (κ3) is 46.5. The summed E-state index contributed by atoms with van der Waals surface area (Å²) in [5.41, 5.74) is 0. The van der Waals surface area contributed by atoms with Crippen LogP contribution in [0.1, 0.15) is 110 Å². The maximum Gasteiger partial charge on any atom is 0.472 e. The summed E-state index contributed by atoms with van der Waals surface area (Å²) in [6, 6.07) is 0. The van der Waals surface area contributed by atoms with Crippen LogP contribution in [0.25, 0.3) is 0 Å². The lowest BCUT2D eigenvalue weighted by Crippen LogP contribution is -2.29. The van der Waals surface area contributed by atoms with E-state index >= 15 is 0 Å².